The van der Waals surface area contributed by atoms with Crippen LogP contribution in [0.2, 0.25) is 0 Å². The highest BCUT2D eigenvalue weighted by Crippen LogP contribution is 2.61. The van der Waals surface area contributed by atoms with E-state index < -0.39 is 0 Å². The number of benzene rings is 1. The molecule has 4 saturated carbocycles. The van der Waals surface area contributed by atoms with Crippen molar-refractivity contribution in [1.82, 2.24) is 9.88 Å². The Morgan fingerprint density at radius 3 is 2.09 bits per heavy atom. The molecule has 0 spiro atoms. The van der Waals surface area contributed by atoms with Gasteiger partial charge >= 0.3 is 0 Å². The molecule has 1 aromatic heterocycles. The van der Waals surface area contributed by atoms with E-state index in [1.54, 1.807) is 25.6 Å². The topological polar surface area (TPSA) is 54.9 Å². The van der Waals surface area contributed by atoms with Crippen molar-refractivity contribution >= 4 is 45.0 Å². The molecule has 0 aliphatic heterocycles. The van der Waals surface area contributed by atoms with Gasteiger partial charge in [-0.3, -0.25) is 9.69 Å². The van der Waals surface area contributed by atoms with E-state index in [2.05, 4.69) is 18.7 Å². The Hall–Kier alpha value is -1.57. The van der Waals surface area contributed by atoms with E-state index >= 15 is 0 Å². The van der Waals surface area contributed by atoms with Crippen molar-refractivity contribution in [1.29, 1.82) is 0 Å². The molecule has 0 N–H and O–H groups in total. The second-order valence-electron chi connectivity index (χ2n) is 10.3. The lowest BCUT2D eigenvalue weighted by Gasteiger charge is -2.56. The average Bonchev–Trinajstić information content (AvgIpc) is 3.25. The van der Waals surface area contributed by atoms with E-state index in [-0.39, 0.29) is 17.8 Å². The van der Waals surface area contributed by atoms with Gasteiger partial charge in [-0.1, -0.05) is 25.2 Å². The number of methoxy groups -OCH3 is 2. The first-order chi connectivity index (χ1) is 16.0. The van der Waals surface area contributed by atoms with Crippen molar-refractivity contribution in [2.24, 2.45) is 23.2 Å². The van der Waals surface area contributed by atoms with Gasteiger partial charge in [-0.2, -0.15) is 0 Å². The maximum absolute atomic E-state index is 14.4. The maximum atomic E-state index is 14.4. The van der Waals surface area contributed by atoms with Crippen molar-refractivity contribution < 1.29 is 14.3 Å². The van der Waals surface area contributed by atoms with Crippen LogP contribution in [0.3, 0.4) is 0 Å². The highest BCUT2D eigenvalue weighted by Gasteiger charge is 2.56. The van der Waals surface area contributed by atoms with Crippen LogP contribution < -0.4 is 14.4 Å². The molecule has 0 radical (unpaired) electrons. The van der Waals surface area contributed by atoms with Gasteiger partial charge in [0.05, 0.1) is 19.6 Å². The summed E-state index contributed by atoms with van der Waals surface area (Å²) in [5.41, 5.74) is 0.590. The fraction of sp³-hybridized carbons (Fsp3) is 0.692. The summed E-state index contributed by atoms with van der Waals surface area (Å²) in [6, 6.07) is 3.82. The van der Waals surface area contributed by atoms with Gasteiger partial charge in [-0.05, 0) is 81.5 Å². The number of likely N-dealkylation sites (N-methyl/N-ethyl adjacent to an activating group) is 1. The van der Waals surface area contributed by atoms with Crippen molar-refractivity contribution in [3.63, 3.8) is 0 Å². The third-order valence-electron chi connectivity index (χ3n) is 8.40. The Bertz CT molecular complexity index is 946. The van der Waals surface area contributed by atoms with Gasteiger partial charge in [-0.25, -0.2) is 4.98 Å². The maximum Gasteiger partial charge on any atom is 0.235 e. The number of carbonyl (C=O) groups excluding carboxylic acids is 1. The summed E-state index contributed by atoms with van der Waals surface area (Å²) in [5, 5.41) is 0.778. The van der Waals surface area contributed by atoms with Crippen LogP contribution in [0.15, 0.2) is 12.1 Å². The van der Waals surface area contributed by atoms with Crippen LogP contribution in [0, 0.1) is 23.2 Å². The summed E-state index contributed by atoms with van der Waals surface area (Å²) in [5.74, 6) is 4.02. The van der Waals surface area contributed by atoms with Gasteiger partial charge in [-0.15, -0.1) is 12.4 Å². The molecular formula is C26H38ClN3O3S. The largest absolute Gasteiger partial charge is 0.495 e. The van der Waals surface area contributed by atoms with Crippen molar-refractivity contribution in [2.45, 2.75) is 52.4 Å². The number of halogens is 1. The minimum Gasteiger partial charge on any atom is -0.495 e. The van der Waals surface area contributed by atoms with E-state index in [0.717, 1.165) is 83.5 Å². The fourth-order valence-corrected chi connectivity index (χ4v) is 8.21. The quantitative estimate of drug-likeness (QED) is 0.440. The number of rotatable bonds is 9. The Morgan fingerprint density at radius 2 is 1.56 bits per heavy atom. The fourth-order valence-electron chi connectivity index (χ4n) is 7.11. The molecule has 0 saturated heterocycles. The summed E-state index contributed by atoms with van der Waals surface area (Å²) >= 11 is 1.56. The lowest BCUT2D eigenvalue weighted by Crippen LogP contribution is -2.55. The average molecular weight is 508 g/mol. The van der Waals surface area contributed by atoms with Crippen LogP contribution in [-0.2, 0) is 4.79 Å². The highest BCUT2D eigenvalue weighted by molar-refractivity contribution is 7.22. The molecule has 1 amide bonds. The number of amides is 1. The Kier molecular flexibility index (Phi) is 7.65. The zero-order valence-electron chi connectivity index (χ0n) is 20.8. The lowest BCUT2D eigenvalue weighted by atomic mass is 9.49. The lowest BCUT2D eigenvalue weighted by molar-refractivity contribution is -0.143. The molecule has 4 fully saturated rings. The van der Waals surface area contributed by atoms with Gasteiger partial charge in [0.2, 0.25) is 5.91 Å². The number of ether oxygens (including phenoxy) is 2. The first-order valence-corrected chi connectivity index (χ1v) is 13.4. The van der Waals surface area contributed by atoms with Crippen LogP contribution in [0.5, 0.6) is 11.5 Å². The second kappa shape index (κ2) is 10.2. The Labute approximate surface area is 213 Å². The molecule has 4 bridgehead atoms. The van der Waals surface area contributed by atoms with E-state index in [4.69, 9.17) is 14.5 Å². The smallest absolute Gasteiger partial charge is 0.235 e. The predicted molar refractivity (Wildman–Crippen MR) is 141 cm³/mol. The molecular weight excluding hydrogens is 470 g/mol. The third kappa shape index (κ3) is 4.40. The van der Waals surface area contributed by atoms with E-state index in [9.17, 15) is 4.79 Å². The highest BCUT2D eigenvalue weighted by atomic mass is 35.5. The van der Waals surface area contributed by atoms with E-state index in [1.807, 2.05) is 17.0 Å². The van der Waals surface area contributed by atoms with E-state index in [0.29, 0.717) is 12.5 Å². The molecule has 6 nitrogen and oxygen atoms in total. The number of aromatic nitrogens is 1. The zero-order valence-corrected chi connectivity index (χ0v) is 22.5. The number of fused-ring (bicyclic) bond motifs is 1. The summed E-state index contributed by atoms with van der Waals surface area (Å²) in [6.07, 6.45) is 7.20. The molecule has 1 aromatic carbocycles. The van der Waals surface area contributed by atoms with Gasteiger partial charge in [0.15, 0.2) is 5.13 Å². The van der Waals surface area contributed by atoms with Crippen LogP contribution in [-0.4, -0.2) is 56.2 Å². The van der Waals surface area contributed by atoms with Crippen LogP contribution in [0.4, 0.5) is 5.13 Å². The number of thiazole rings is 1. The molecule has 8 heteroatoms. The molecule has 1 heterocycles. The number of hydrogen-bond acceptors (Lipinski definition) is 6. The molecule has 34 heavy (non-hydrogen) atoms. The third-order valence-corrected chi connectivity index (χ3v) is 9.49. The second-order valence-corrected chi connectivity index (χ2v) is 11.3. The minimum atomic E-state index is -0.190. The standard InChI is InChI=1S/C26H37N3O3S.ClH/c1-5-28(6-2)9-10-29(24(30)26-14-17-11-18(15-26)13-19(12-17)16-26)25-27-22-20(31-3)7-8-21(32-4)23(22)33-25;/h7-8,17-19H,5-6,9-16H2,1-4H3;1H. The van der Waals surface area contributed by atoms with E-state index in [1.165, 1.54) is 19.3 Å². The summed E-state index contributed by atoms with van der Waals surface area (Å²) in [4.78, 5) is 23.8. The summed E-state index contributed by atoms with van der Waals surface area (Å²) < 4.78 is 12.2. The van der Waals surface area contributed by atoms with Crippen molar-refractivity contribution in [3.05, 3.63) is 12.1 Å². The summed E-state index contributed by atoms with van der Waals surface area (Å²) in [6.45, 7) is 7.86. The number of nitrogens with zero attached hydrogens (tertiary/aromatic N) is 3. The Morgan fingerprint density at radius 1 is 1.00 bits per heavy atom. The first-order valence-electron chi connectivity index (χ1n) is 12.6. The van der Waals surface area contributed by atoms with Crippen molar-refractivity contribution in [2.75, 3.05) is 45.3 Å². The number of hydrogen-bond donors (Lipinski definition) is 0. The molecule has 4 aliphatic carbocycles. The number of carbonyl (C=O) groups is 1. The van der Waals surface area contributed by atoms with Crippen LogP contribution in [0.25, 0.3) is 10.2 Å². The Balaban J connectivity index is 0.00000274. The minimum absolute atomic E-state index is 0. The molecule has 4 aliphatic rings. The predicted octanol–water partition coefficient (Wildman–Crippen LogP) is 5.63. The van der Waals surface area contributed by atoms with Crippen LogP contribution in [0.1, 0.15) is 52.4 Å². The van der Waals surface area contributed by atoms with Gasteiger partial charge in [0, 0.05) is 13.1 Å². The summed E-state index contributed by atoms with van der Waals surface area (Å²) in [7, 11) is 3.35. The molecule has 2 aromatic rings. The molecule has 0 unspecified atom stereocenters. The molecule has 188 valence electrons. The first kappa shape index (κ1) is 25.5. The number of anilines is 1. The SMILES string of the molecule is CCN(CC)CCN(C(=O)C12CC3CC(CC(C3)C1)C2)c1nc2c(OC)ccc(OC)c2s1.Cl. The molecule has 0 atom stereocenters. The zero-order chi connectivity index (χ0) is 23.2. The normalized spacial score (nSPS) is 27.1. The van der Waals surface area contributed by atoms with Gasteiger partial charge < -0.3 is 14.4 Å². The van der Waals surface area contributed by atoms with Crippen LogP contribution >= 0.6 is 23.7 Å². The molecule has 6 rings (SSSR count). The van der Waals surface area contributed by atoms with Crippen molar-refractivity contribution in [3.8, 4) is 11.5 Å². The van der Waals surface area contributed by atoms with Gasteiger partial charge in [0.1, 0.15) is 21.7 Å². The van der Waals surface area contributed by atoms with Gasteiger partial charge in [0.25, 0.3) is 0 Å². The monoisotopic (exact) mass is 507 g/mol.